The zero-order chi connectivity index (χ0) is 17.8. The van der Waals surface area contributed by atoms with Gasteiger partial charge in [0.25, 0.3) is 5.91 Å². The van der Waals surface area contributed by atoms with Crippen LogP contribution in [0.5, 0.6) is 0 Å². The number of nitrogens with zero attached hydrogens (tertiary/aromatic N) is 3. The minimum Gasteiger partial charge on any atom is -0.399 e. The van der Waals surface area contributed by atoms with Gasteiger partial charge in [-0.05, 0) is 36.4 Å². The Labute approximate surface area is 150 Å². The third kappa shape index (κ3) is 4.05. The molecule has 25 heavy (non-hydrogen) atoms. The molecule has 6 nitrogen and oxygen atoms in total. The molecule has 0 saturated heterocycles. The SMILES string of the molecule is CN(c1cncnc1)c1cc(Cl)cc(NC(=O)c2cccc(N)c2)c1. The maximum absolute atomic E-state index is 12.4. The maximum atomic E-state index is 12.4. The Hall–Kier alpha value is -3.12. The number of amides is 1. The molecule has 0 aliphatic heterocycles. The molecule has 3 rings (SSSR count). The minimum atomic E-state index is -0.258. The average Bonchev–Trinajstić information content (AvgIpc) is 2.61. The van der Waals surface area contributed by atoms with E-state index in [2.05, 4.69) is 15.3 Å². The summed E-state index contributed by atoms with van der Waals surface area (Å²) in [5, 5.41) is 3.34. The summed E-state index contributed by atoms with van der Waals surface area (Å²) in [6, 6.07) is 12.1. The monoisotopic (exact) mass is 353 g/mol. The van der Waals surface area contributed by atoms with Crippen LogP contribution in [0.1, 0.15) is 10.4 Å². The van der Waals surface area contributed by atoms with Crippen LogP contribution in [0.25, 0.3) is 0 Å². The minimum absolute atomic E-state index is 0.258. The largest absolute Gasteiger partial charge is 0.399 e. The summed E-state index contributed by atoms with van der Waals surface area (Å²) in [4.78, 5) is 22.3. The van der Waals surface area contributed by atoms with Crippen molar-refractivity contribution in [3.63, 3.8) is 0 Å². The van der Waals surface area contributed by atoms with Crippen LogP contribution < -0.4 is 16.0 Å². The average molecular weight is 354 g/mol. The number of benzene rings is 2. The fourth-order valence-electron chi connectivity index (χ4n) is 2.34. The molecule has 0 fully saturated rings. The number of nitrogens with one attached hydrogen (secondary N) is 1. The third-order valence-electron chi connectivity index (χ3n) is 3.61. The number of anilines is 4. The smallest absolute Gasteiger partial charge is 0.255 e. The quantitative estimate of drug-likeness (QED) is 0.698. The Morgan fingerprint density at radius 3 is 2.60 bits per heavy atom. The van der Waals surface area contributed by atoms with E-state index in [0.717, 1.165) is 11.4 Å². The first-order valence-corrected chi connectivity index (χ1v) is 7.87. The molecule has 0 unspecified atom stereocenters. The van der Waals surface area contributed by atoms with E-state index in [1.165, 1.54) is 6.33 Å². The van der Waals surface area contributed by atoms with Crippen molar-refractivity contribution in [2.45, 2.75) is 0 Å². The number of aromatic nitrogens is 2. The Balaban J connectivity index is 1.85. The Morgan fingerprint density at radius 2 is 1.88 bits per heavy atom. The number of hydrogen-bond donors (Lipinski definition) is 2. The van der Waals surface area contributed by atoms with Crippen LogP contribution in [-0.2, 0) is 0 Å². The first-order valence-electron chi connectivity index (χ1n) is 7.49. The van der Waals surface area contributed by atoms with Crippen LogP contribution in [0, 0.1) is 0 Å². The van der Waals surface area contributed by atoms with Gasteiger partial charge in [0.1, 0.15) is 6.33 Å². The van der Waals surface area contributed by atoms with Crippen molar-refractivity contribution in [1.82, 2.24) is 9.97 Å². The van der Waals surface area contributed by atoms with Crippen molar-refractivity contribution < 1.29 is 4.79 Å². The first kappa shape index (κ1) is 16.7. The second-order valence-corrected chi connectivity index (χ2v) is 5.87. The molecule has 1 amide bonds. The fraction of sp³-hybridized carbons (Fsp3) is 0.0556. The summed E-state index contributed by atoms with van der Waals surface area (Å²) in [6.07, 6.45) is 4.85. The van der Waals surface area contributed by atoms with Crippen molar-refractivity contribution in [2.24, 2.45) is 0 Å². The molecule has 3 N–H and O–H groups in total. The van der Waals surface area contributed by atoms with Gasteiger partial charge in [0.15, 0.2) is 0 Å². The lowest BCUT2D eigenvalue weighted by Crippen LogP contribution is -2.14. The van der Waals surface area contributed by atoms with Gasteiger partial charge in [-0.15, -0.1) is 0 Å². The van der Waals surface area contributed by atoms with Crippen molar-refractivity contribution in [3.05, 3.63) is 71.8 Å². The fourth-order valence-corrected chi connectivity index (χ4v) is 2.57. The molecule has 0 bridgehead atoms. The number of halogens is 1. The normalized spacial score (nSPS) is 10.3. The van der Waals surface area contributed by atoms with Crippen molar-refractivity contribution in [1.29, 1.82) is 0 Å². The van der Waals surface area contributed by atoms with E-state index in [9.17, 15) is 4.79 Å². The lowest BCUT2D eigenvalue weighted by atomic mass is 10.2. The highest BCUT2D eigenvalue weighted by atomic mass is 35.5. The standard InChI is InChI=1S/C18H16ClN5O/c1-24(17-9-21-11-22-10-17)16-7-13(19)6-15(8-16)23-18(25)12-3-2-4-14(20)5-12/h2-11H,20H2,1H3,(H,23,25). The van der Waals surface area contributed by atoms with Gasteiger partial charge in [0.2, 0.25) is 0 Å². The Morgan fingerprint density at radius 1 is 1.12 bits per heavy atom. The summed E-state index contributed by atoms with van der Waals surface area (Å²) in [5.41, 5.74) is 8.91. The van der Waals surface area contributed by atoms with Gasteiger partial charge in [-0.25, -0.2) is 9.97 Å². The van der Waals surface area contributed by atoms with Crippen LogP contribution >= 0.6 is 11.6 Å². The van der Waals surface area contributed by atoms with Gasteiger partial charge >= 0.3 is 0 Å². The van der Waals surface area contributed by atoms with Gasteiger partial charge in [0, 0.05) is 34.7 Å². The van der Waals surface area contributed by atoms with Crippen molar-refractivity contribution in [2.75, 3.05) is 23.0 Å². The van der Waals surface area contributed by atoms with E-state index >= 15 is 0 Å². The molecule has 0 aliphatic rings. The van der Waals surface area contributed by atoms with E-state index in [4.69, 9.17) is 17.3 Å². The number of nitrogens with two attached hydrogens (primary N) is 1. The van der Waals surface area contributed by atoms with Gasteiger partial charge in [0.05, 0.1) is 18.1 Å². The Bertz CT molecular complexity index is 901. The van der Waals surface area contributed by atoms with E-state index in [0.29, 0.717) is 22.0 Å². The molecule has 2 aromatic carbocycles. The van der Waals surface area contributed by atoms with Crippen LogP contribution in [0.15, 0.2) is 61.2 Å². The van der Waals surface area contributed by atoms with Crippen molar-refractivity contribution in [3.8, 4) is 0 Å². The molecular formula is C18H16ClN5O. The van der Waals surface area contributed by atoms with E-state index in [1.807, 2.05) is 18.0 Å². The number of carbonyl (C=O) groups is 1. The lowest BCUT2D eigenvalue weighted by Gasteiger charge is -2.20. The summed E-state index contributed by atoms with van der Waals surface area (Å²) >= 11 is 6.21. The van der Waals surface area contributed by atoms with Gasteiger partial charge in [-0.2, -0.15) is 0 Å². The zero-order valence-corrected chi connectivity index (χ0v) is 14.2. The third-order valence-corrected chi connectivity index (χ3v) is 3.83. The second-order valence-electron chi connectivity index (χ2n) is 5.43. The van der Waals surface area contributed by atoms with Gasteiger partial charge in [-0.1, -0.05) is 17.7 Å². The first-order chi connectivity index (χ1) is 12.0. The predicted molar refractivity (Wildman–Crippen MR) is 100 cm³/mol. The molecule has 7 heteroatoms. The number of rotatable bonds is 4. The molecule has 0 radical (unpaired) electrons. The van der Waals surface area contributed by atoms with E-state index in [-0.39, 0.29) is 5.91 Å². The van der Waals surface area contributed by atoms with Gasteiger partial charge in [-0.3, -0.25) is 4.79 Å². The molecular weight excluding hydrogens is 338 g/mol. The molecule has 0 spiro atoms. The topological polar surface area (TPSA) is 84.1 Å². The van der Waals surface area contributed by atoms with Gasteiger partial charge < -0.3 is 16.0 Å². The molecule has 0 aliphatic carbocycles. The molecule has 1 heterocycles. The summed E-state index contributed by atoms with van der Waals surface area (Å²) in [7, 11) is 1.87. The maximum Gasteiger partial charge on any atom is 0.255 e. The highest BCUT2D eigenvalue weighted by molar-refractivity contribution is 6.31. The summed E-state index contributed by atoms with van der Waals surface area (Å²) < 4.78 is 0. The van der Waals surface area contributed by atoms with Crippen LogP contribution in [0.2, 0.25) is 5.02 Å². The predicted octanol–water partition coefficient (Wildman–Crippen LogP) is 3.73. The van der Waals surface area contributed by atoms with Crippen LogP contribution in [0.4, 0.5) is 22.7 Å². The summed E-state index contributed by atoms with van der Waals surface area (Å²) in [5.74, 6) is -0.258. The summed E-state index contributed by atoms with van der Waals surface area (Å²) in [6.45, 7) is 0. The van der Waals surface area contributed by atoms with Crippen LogP contribution in [0.3, 0.4) is 0 Å². The molecule has 0 atom stereocenters. The molecule has 3 aromatic rings. The second kappa shape index (κ2) is 7.19. The highest BCUT2D eigenvalue weighted by Crippen LogP contribution is 2.29. The Kier molecular flexibility index (Phi) is 4.81. The number of nitrogen functional groups attached to an aromatic ring is 1. The van der Waals surface area contributed by atoms with Crippen molar-refractivity contribution >= 4 is 40.3 Å². The zero-order valence-electron chi connectivity index (χ0n) is 13.5. The van der Waals surface area contributed by atoms with E-state index < -0.39 is 0 Å². The lowest BCUT2D eigenvalue weighted by molar-refractivity contribution is 0.102. The molecule has 1 aromatic heterocycles. The molecule has 0 saturated carbocycles. The number of carbonyl (C=O) groups excluding carboxylic acids is 1. The van der Waals surface area contributed by atoms with Crippen LogP contribution in [-0.4, -0.2) is 22.9 Å². The molecule has 126 valence electrons. The van der Waals surface area contributed by atoms with E-state index in [1.54, 1.807) is 48.8 Å². The highest BCUT2D eigenvalue weighted by Gasteiger charge is 2.11. The number of hydrogen-bond acceptors (Lipinski definition) is 5.